The highest BCUT2D eigenvalue weighted by Gasteiger charge is 2.32. The van der Waals surface area contributed by atoms with E-state index in [9.17, 15) is 14.7 Å². The molecule has 4 aromatic rings. The van der Waals surface area contributed by atoms with Gasteiger partial charge in [-0.25, -0.2) is 9.59 Å². The first-order valence-corrected chi connectivity index (χ1v) is 15.6. The topological polar surface area (TPSA) is 135 Å². The van der Waals surface area contributed by atoms with Crippen LogP contribution in [-0.4, -0.2) is 54.4 Å². The second kappa shape index (κ2) is 14.8. The van der Waals surface area contributed by atoms with Crippen molar-refractivity contribution in [3.63, 3.8) is 0 Å². The lowest BCUT2D eigenvalue weighted by atomic mass is 9.95. The van der Waals surface area contributed by atoms with Crippen LogP contribution in [-0.2, 0) is 16.1 Å². The lowest BCUT2D eigenvalue weighted by Crippen LogP contribution is -2.45. The van der Waals surface area contributed by atoms with Crippen LogP contribution < -0.4 is 25.5 Å². The molecule has 0 aliphatic carbocycles. The number of rotatable bonds is 12. The minimum atomic E-state index is -1.15. The molecule has 1 aliphatic heterocycles. The maximum atomic E-state index is 12.5. The molecule has 0 saturated carbocycles. The van der Waals surface area contributed by atoms with Gasteiger partial charge in [0.25, 0.3) is 0 Å². The van der Waals surface area contributed by atoms with Crippen molar-refractivity contribution in [3.05, 3.63) is 104 Å². The molecule has 0 spiro atoms. The summed E-state index contributed by atoms with van der Waals surface area (Å²) in [7, 11) is 1.28. The van der Waals surface area contributed by atoms with E-state index in [-0.39, 0.29) is 12.2 Å². The van der Waals surface area contributed by atoms with Gasteiger partial charge in [-0.05, 0) is 62.2 Å². The number of halogens is 2. The molecule has 0 unspecified atom stereocenters. The fourth-order valence-corrected chi connectivity index (χ4v) is 5.78. The highest BCUT2D eigenvalue weighted by atomic mass is 35.5. The molecule has 2 amide bonds. The van der Waals surface area contributed by atoms with Crippen molar-refractivity contribution in [1.82, 2.24) is 20.6 Å². The Morgan fingerprint density at radius 1 is 1.09 bits per heavy atom. The highest BCUT2D eigenvalue weighted by molar-refractivity contribution is 6.42. The van der Waals surface area contributed by atoms with E-state index >= 15 is 0 Å². The van der Waals surface area contributed by atoms with Crippen molar-refractivity contribution in [2.24, 2.45) is 5.10 Å². The number of carbonyl (C=O) groups is 2. The molecule has 1 aromatic heterocycles. The minimum Gasteiger partial charge on any atom is -0.490 e. The van der Waals surface area contributed by atoms with E-state index in [0.29, 0.717) is 46.0 Å². The van der Waals surface area contributed by atoms with Gasteiger partial charge in [0.2, 0.25) is 0 Å². The number of hydrogen-bond acceptors (Lipinski definition) is 8. The summed E-state index contributed by atoms with van der Waals surface area (Å²) in [5, 5.41) is 22.3. The zero-order valence-electron chi connectivity index (χ0n) is 26.3. The predicted octanol–water partition coefficient (Wildman–Crippen LogP) is 5.83. The highest BCUT2D eigenvalue weighted by Crippen LogP contribution is 2.35. The summed E-state index contributed by atoms with van der Waals surface area (Å²) in [6.45, 7) is 6.24. The van der Waals surface area contributed by atoms with E-state index in [0.717, 1.165) is 27.7 Å². The minimum absolute atomic E-state index is 0.147. The van der Waals surface area contributed by atoms with Crippen molar-refractivity contribution < 1.29 is 28.9 Å². The Morgan fingerprint density at radius 2 is 1.87 bits per heavy atom. The number of urea groups is 1. The first-order chi connectivity index (χ1) is 22.6. The van der Waals surface area contributed by atoms with E-state index in [2.05, 4.69) is 25.7 Å². The molecule has 13 heteroatoms. The van der Waals surface area contributed by atoms with Gasteiger partial charge in [-0.15, -0.1) is 0 Å². The number of fused-ring (bicyclic) bond motifs is 1. The van der Waals surface area contributed by atoms with Crippen molar-refractivity contribution in [3.8, 4) is 11.5 Å². The van der Waals surface area contributed by atoms with Crippen molar-refractivity contribution in [1.29, 1.82) is 0 Å². The van der Waals surface area contributed by atoms with Crippen LogP contribution in [0.15, 0.2) is 77.0 Å². The molecular weight excluding hydrogens is 645 g/mol. The number of nitrogens with zero attached hydrogens (tertiary/aromatic N) is 2. The van der Waals surface area contributed by atoms with E-state index in [1.807, 2.05) is 50.2 Å². The third-order valence-electron chi connectivity index (χ3n) is 7.69. The molecule has 2 heterocycles. The van der Waals surface area contributed by atoms with Crippen LogP contribution in [0, 0.1) is 6.92 Å². The number of carbonyl (C=O) groups excluding carboxylic acids is 2. The van der Waals surface area contributed by atoms with Crippen LogP contribution in [0.1, 0.15) is 42.3 Å². The Balaban J connectivity index is 1.28. The summed E-state index contributed by atoms with van der Waals surface area (Å²) in [5.41, 5.74) is 7.90. The van der Waals surface area contributed by atoms with E-state index in [4.69, 9.17) is 37.4 Å². The lowest BCUT2D eigenvalue weighted by Gasteiger charge is -2.28. The number of para-hydroxylation sites is 1. The average molecular weight is 681 g/mol. The second-order valence-electron chi connectivity index (χ2n) is 10.8. The summed E-state index contributed by atoms with van der Waals surface area (Å²) in [5.74, 6) is 0.169. The van der Waals surface area contributed by atoms with Crippen LogP contribution in [0.4, 0.5) is 4.79 Å². The lowest BCUT2D eigenvalue weighted by molar-refractivity contribution is -0.136. The standard InChI is InChI=1S/C34H35Cl2N5O6/c1-5-46-29-15-22(32-31(33(43)45-4)19(2)38-34(44)39-32)11-13-28(29)47-18-30(42)40-37-16-24-20(3)41(27-9-7-6-8-23(24)27)17-21-10-12-25(35)26(36)14-21/h6-16,30,32,40,42H,5,17-18H2,1-4H3,(H2,38,39,44)/b37-16+/t30-,32+/m0/s1. The molecule has 47 heavy (non-hydrogen) atoms. The molecule has 1 aliphatic rings. The number of methoxy groups -OCH3 is 1. The van der Waals surface area contributed by atoms with Crippen LogP contribution in [0.5, 0.6) is 11.5 Å². The van der Waals surface area contributed by atoms with Gasteiger partial charge in [0, 0.05) is 34.4 Å². The first-order valence-electron chi connectivity index (χ1n) is 14.9. The predicted molar refractivity (Wildman–Crippen MR) is 181 cm³/mol. The Bertz CT molecular complexity index is 1870. The van der Waals surface area contributed by atoms with E-state index < -0.39 is 24.3 Å². The van der Waals surface area contributed by atoms with Gasteiger partial charge in [0.15, 0.2) is 17.7 Å². The number of aliphatic hydroxyl groups excluding tert-OH is 1. The second-order valence-corrected chi connectivity index (χ2v) is 11.6. The number of esters is 1. The summed E-state index contributed by atoms with van der Waals surface area (Å²) in [4.78, 5) is 24.7. The summed E-state index contributed by atoms with van der Waals surface area (Å²) >= 11 is 12.4. The smallest absolute Gasteiger partial charge is 0.337 e. The van der Waals surface area contributed by atoms with Gasteiger partial charge in [0.05, 0.1) is 41.6 Å². The van der Waals surface area contributed by atoms with Gasteiger partial charge in [0.1, 0.15) is 6.61 Å². The van der Waals surface area contributed by atoms with Crippen molar-refractivity contribution in [2.45, 2.75) is 39.6 Å². The molecule has 0 saturated heterocycles. The van der Waals surface area contributed by atoms with Crippen molar-refractivity contribution >= 4 is 52.3 Å². The number of hydrazone groups is 1. The number of ether oxygens (including phenoxy) is 3. The average Bonchev–Trinajstić information content (AvgIpc) is 3.31. The number of nitrogens with one attached hydrogen (secondary N) is 3. The molecule has 4 N–H and O–H groups in total. The van der Waals surface area contributed by atoms with Gasteiger partial charge < -0.3 is 34.5 Å². The van der Waals surface area contributed by atoms with Gasteiger partial charge >= 0.3 is 12.0 Å². The number of aliphatic hydroxyl groups is 1. The molecule has 2 atom stereocenters. The normalized spacial score (nSPS) is 15.4. The van der Waals surface area contributed by atoms with Crippen molar-refractivity contribution in [2.75, 3.05) is 20.3 Å². The Hall–Kier alpha value is -4.71. The molecule has 3 aromatic carbocycles. The molecule has 246 valence electrons. The number of hydrogen-bond donors (Lipinski definition) is 4. The largest absolute Gasteiger partial charge is 0.490 e. The number of allylic oxidation sites excluding steroid dienone is 1. The van der Waals surface area contributed by atoms with Crippen LogP contribution in [0.25, 0.3) is 10.9 Å². The quantitative estimate of drug-likeness (QED) is 0.0641. The zero-order valence-corrected chi connectivity index (χ0v) is 27.8. The van der Waals surface area contributed by atoms with E-state index in [1.54, 1.807) is 37.4 Å². The molecule has 0 bridgehead atoms. The molecule has 0 fully saturated rings. The SMILES string of the molecule is CCOc1cc([C@H]2NC(=O)NC(C)=C2C(=O)OC)ccc1OC[C@H](O)N/N=C/c1c(C)n(Cc2ccc(Cl)c(Cl)c2)c2ccccc12. The Morgan fingerprint density at radius 3 is 2.62 bits per heavy atom. The van der Waals surface area contributed by atoms with Gasteiger partial charge in [-0.3, -0.25) is 5.43 Å². The fraction of sp³-hybridized carbons (Fsp3) is 0.265. The van der Waals surface area contributed by atoms with E-state index in [1.165, 1.54) is 7.11 Å². The third-order valence-corrected chi connectivity index (χ3v) is 8.43. The van der Waals surface area contributed by atoms with Crippen LogP contribution in [0.2, 0.25) is 10.0 Å². The molecule has 0 radical (unpaired) electrons. The zero-order chi connectivity index (χ0) is 33.7. The number of benzene rings is 3. The summed E-state index contributed by atoms with van der Waals surface area (Å²) < 4.78 is 18.8. The summed E-state index contributed by atoms with van der Waals surface area (Å²) in [6.07, 6.45) is 0.527. The monoisotopic (exact) mass is 679 g/mol. The summed E-state index contributed by atoms with van der Waals surface area (Å²) in [6, 6.07) is 17.4. The maximum Gasteiger partial charge on any atom is 0.337 e. The van der Waals surface area contributed by atoms with Crippen LogP contribution in [0.3, 0.4) is 0 Å². The number of aromatic nitrogens is 1. The first kappa shape index (κ1) is 33.6. The van der Waals surface area contributed by atoms with Gasteiger partial charge in [-0.1, -0.05) is 53.5 Å². The third kappa shape index (κ3) is 7.48. The van der Waals surface area contributed by atoms with Crippen LogP contribution >= 0.6 is 23.2 Å². The van der Waals surface area contributed by atoms with Gasteiger partial charge in [-0.2, -0.15) is 5.10 Å². The number of amides is 2. The maximum absolute atomic E-state index is 12.5. The molecule has 11 nitrogen and oxygen atoms in total. The Labute approximate surface area is 282 Å². The Kier molecular flexibility index (Phi) is 10.6. The molecule has 5 rings (SSSR count). The molecular formula is C34H35Cl2N5O6. The fourth-order valence-electron chi connectivity index (χ4n) is 5.45.